The van der Waals surface area contributed by atoms with E-state index in [1.165, 1.54) is 18.9 Å². The van der Waals surface area contributed by atoms with Crippen molar-refractivity contribution in [2.45, 2.75) is 132 Å². The number of nitrogens with one attached hydrogen (secondary N) is 2. The molecular weight excluding hydrogens is 650 g/mol. The van der Waals surface area contributed by atoms with Crippen LogP contribution in [-0.4, -0.2) is 50.6 Å². The Hall–Kier alpha value is -2.12. The summed E-state index contributed by atoms with van der Waals surface area (Å²) in [6.07, 6.45) is 8.49. The van der Waals surface area contributed by atoms with Crippen molar-refractivity contribution in [1.29, 1.82) is 0 Å². The number of carbonyl (C=O) groups is 2. The van der Waals surface area contributed by atoms with E-state index < -0.39 is 39.1 Å². The van der Waals surface area contributed by atoms with Crippen molar-refractivity contribution >= 4 is 27.0 Å². The average molecular weight is 713 g/mol. The van der Waals surface area contributed by atoms with E-state index in [1.54, 1.807) is 13.8 Å². The molecule has 0 aliphatic heterocycles. The summed E-state index contributed by atoms with van der Waals surface area (Å²) in [4.78, 5) is 25.5. The van der Waals surface area contributed by atoms with E-state index in [0.717, 1.165) is 44.1 Å². The van der Waals surface area contributed by atoms with Gasteiger partial charge in [-0.05, 0) is 81.4 Å². The van der Waals surface area contributed by atoms with Crippen LogP contribution >= 0.6 is 15.0 Å². The van der Waals surface area contributed by atoms with Crippen molar-refractivity contribution in [3.8, 4) is 11.5 Å². The topological polar surface area (TPSA) is 129 Å². The van der Waals surface area contributed by atoms with E-state index in [-0.39, 0.29) is 30.0 Å². The number of rotatable bonds is 17. The first-order chi connectivity index (χ1) is 22.0. The van der Waals surface area contributed by atoms with Gasteiger partial charge in [-0.15, -0.1) is 0 Å². The van der Waals surface area contributed by atoms with E-state index in [4.69, 9.17) is 18.5 Å². The zero-order valence-corrected chi connectivity index (χ0v) is 33.3. The number of hydrogen-bond acceptors (Lipinski definition) is 8. The van der Waals surface area contributed by atoms with Gasteiger partial charge in [0.25, 0.3) is 0 Å². The fourth-order valence-corrected chi connectivity index (χ4v) is 8.07. The molecule has 1 aliphatic carbocycles. The Bertz CT molecular complexity index is 1300. The minimum atomic E-state index is -3.63. The minimum absolute atomic E-state index is 0.156. The molecule has 2 rings (SSSR count). The lowest BCUT2D eigenvalue weighted by Gasteiger charge is -2.29. The molecule has 1 aromatic carbocycles. The van der Waals surface area contributed by atoms with Crippen LogP contribution in [0, 0.1) is 10.8 Å². The summed E-state index contributed by atoms with van der Waals surface area (Å²) in [5, 5.41) is 5.73. The summed E-state index contributed by atoms with van der Waals surface area (Å²) in [5.74, 6) is -0.501. The van der Waals surface area contributed by atoms with Gasteiger partial charge in [0.1, 0.15) is 23.6 Å². The molecule has 1 aromatic rings. The van der Waals surface area contributed by atoms with Crippen molar-refractivity contribution in [2.24, 2.45) is 10.8 Å². The number of hydrogen-bond donors (Lipinski definition) is 2. The van der Waals surface area contributed by atoms with Crippen LogP contribution < -0.4 is 19.2 Å². The molecule has 0 amide bonds. The maximum Gasteiger partial charge on any atom is 0.323 e. The Morgan fingerprint density at radius 2 is 1.31 bits per heavy atom. The van der Waals surface area contributed by atoms with Crippen LogP contribution in [0.2, 0.25) is 0 Å². The highest BCUT2D eigenvalue weighted by Gasteiger charge is 2.33. The molecule has 0 radical (unpaired) electrons. The molecule has 3 unspecified atom stereocenters. The molecule has 10 nitrogen and oxygen atoms in total. The highest BCUT2D eigenvalue weighted by Crippen LogP contribution is 2.51. The van der Waals surface area contributed by atoms with E-state index in [2.05, 4.69) is 30.1 Å². The lowest BCUT2D eigenvalue weighted by molar-refractivity contribution is -0.148. The highest BCUT2D eigenvalue weighted by molar-refractivity contribution is 7.56. The molecule has 0 spiro atoms. The van der Waals surface area contributed by atoms with Crippen molar-refractivity contribution in [3.05, 3.63) is 34.9 Å². The predicted octanol–water partition coefficient (Wildman–Crippen LogP) is 9.17. The Morgan fingerprint density at radius 1 is 0.854 bits per heavy atom. The number of benzene rings is 1. The van der Waals surface area contributed by atoms with Crippen LogP contribution in [0.25, 0.3) is 0 Å². The molecule has 2 N–H and O–H groups in total. The quantitative estimate of drug-likeness (QED) is 0.0698. The number of ether oxygens (including phenoxy) is 2. The van der Waals surface area contributed by atoms with Crippen molar-refractivity contribution in [1.82, 2.24) is 10.2 Å². The minimum Gasteiger partial charge on any atom is -0.464 e. The zero-order chi connectivity index (χ0) is 36.5. The van der Waals surface area contributed by atoms with Gasteiger partial charge in [0.15, 0.2) is 0 Å². The first-order valence-corrected chi connectivity index (χ1v) is 21.4. The number of allylic oxidation sites excluding steroid dienone is 2. The van der Waals surface area contributed by atoms with Gasteiger partial charge < -0.3 is 18.5 Å². The molecule has 48 heavy (non-hydrogen) atoms. The van der Waals surface area contributed by atoms with E-state index in [9.17, 15) is 18.7 Å². The first kappa shape index (κ1) is 42.0. The summed E-state index contributed by atoms with van der Waals surface area (Å²) in [6.45, 7) is 22.5. The first-order valence-electron chi connectivity index (χ1n) is 17.3. The lowest BCUT2D eigenvalue weighted by Crippen LogP contribution is -2.36. The summed E-state index contributed by atoms with van der Waals surface area (Å²) in [5.41, 5.74) is 2.29. The monoisotopic (exact) mass is 712 g/mol. The molecule has 0 aromatic heterocycles. The Kier molecular flexibility index (Phi) is 15.5. The summed E-state index contributed by atoms with van der Waals surface area (Å²) in [7, 11) is -7.27. The SMILES string of the molecule is CCCCCc1cc(OP(C)(=O)N[C@@H](C)C(=O)OCC(C)(C)C)c(C2C=C(C)CCC2)c(OP(C)(=O)N[C@@H](C)C(=O)OCC(C)(C)C)c1. The Morgan fingerprint density at radius 3 is 1.71 bits per heavy atom. The molecule has 274 valence electrons. The van der Waals surface area contributed by atoms with Crippen LogP contribution in [0.5, 0.6) is 11.5 Å². The summed E-state index contributed by atoms with van der Waals surface area (Å²) < 4.78 is 51.5. The lowest BCUT2D eigenvalue weighted by atomic mass is 9.84. The van der Waals surface area contributed by atoms with Gasteiger partial charge in [-0.2, -0.15) is 0 Å². The number of esters is 2. The third-order valence-electron chi connectivity index (χ3n) is 7.58. The Balaban J connectivity index is 2.53. The van der Waals surface area contributed by atoms with Gasteiger partial charge in [-0.25, -0.2) is 10.2 Å². The average Bonchev–Trinajstić information content (AvgIpc) is 2.92. The van der Waals surface area contributed by atoms with Gasteiger partial charge in [-0.3, -0.25) is 18.7 Å². The number of carbonyl (C=O) groups excluding carboxylic acids is 2. The van der Waals surface area contributed by atoms with Crippen molar-refractivity contribution in [2.75, 3.05) is 26.5 Å². The maximum absolute atomic E-state index is 14.0. The van der Waals surface area contributed by atoms with Gasteiger partial charge >= 0.3 is 27.0 Å². The molecule has 0 fully saturated rings. The second-order valence-corrected chi connectivity index (χ2v) is 20.2. The summed E-state index contributed by atoms with van der Waals surface area (Å²) in [6, 6.07) is 2.01. The molecular formula is C36H62N2O8P2. The van der Waals surface area contributed by atoms with Crippen LogP contribution in [0.1, 0.15) is 125 Å². The van der Waals surface area contributed by atoms with Gasteiger partial charge in [0.2, 0.25) is 0 Å². The van der Waals surface area contributed by atoms with Crippen molar-refractivity contribution in [3.63, 3.8) is 0 Å². The number of unbranched alkanes of at least 4 members (excludes halogenated alkanes) is 2. The second kappa shape index (κ2) is 17.7. The second-order valence-electron chi connectivity index (χ2n) is 15.9. The molecule has 0 heterocycles. The molecule has 0 saturated heterocycles. The van der Waals surface area contributed by atoms with Crippen LogP contribution in [-0.2, 0) is 34.6 Å². The fourth-order valence-electron chi connectivity index (χ4n) is 5.30. The van der Waals surface area contributed by atoms with E-state index >= 15 is 0 Å². The Labute approximate surface area is 289 Å². The molecule has 12 heteroatoms. The highest BCUT2D eigenvalue weighted by atomic mass is 31.2. The van der Waals surface area contributed by atoms with E-state index in [1.807, 2.05) is 53.7 Å². The van der Waals surface area contributed by atoms with Crippen LogP contribution in [0.4, 0.5) is 0 Å². The van der Waals surface area contributed by atoms with E-state index in [0.29, 0.717) is 23.5 Å². The standard InChI is InChI=1S/C36H62N2O8P2/c1-13-14-15-18-28-21-30(45-47(11,41)37-26(3)33(39)43-23-35(5,6)7)32(29-19-16-17-25(2)20-29)31(22-28)46-48(12,42)38-27(4)34(40)44-24-36(8,9)10/h20-22,26-27,29H,13-19,23-24H2,1-12H3,(H,37,41)(H,38,42)/t26-,27-,29?,47?,48?/m0/s1. The maximum atomic E-state index is 14.0. The third-order valence-corrected chi connectivity index (χ3v) is 10.4. The molecule has 1 aliphatic rings. The zero-order valence-electron chi connectivity index (χ0n) is 31.5. The third kappa shape index (κ3) is 15.2. The van der Waals surface area contributed by atoms with Gasteiger partial charge in [0, 0.05) is 24.8 Å². The largest absolute Gasteiger partial charge is 0.464 e. The van der Waals surface area contributed by atoms with Crippen LogP contribution in [0.3, 0.4) is 0 Å². The smallest absolute Gasteiger partial charge is 0.323 e. The predicted molar refractivity (Wildman–Crippen MR) is 194 cm³/mol. The van der Waals surface area contributed by atoms with Gasteiger partial charge in [0.05, 0.1) is 13.2 Å². The molecule has 0 saturated carbocycles. The van der Waals surface area contributed by atoms with Gasteiger partial charge in [-0.1, -0.05) is 73.0 Å². The molecule has 5 atom stereocenters. The normalized spacial score (nSPS) is 19.2. The fraction of sp³-hybridized carbons (Fsp3) is 0.722. The van der Waals surface area contributed by atoms with Crippen LogP contribution in [0.15, 0.2) is 23.8 Å². The molecule has 0 bridgehead atoms. The summed E-state index contributed by atoms with van der Waals surface area (Å²) >= 11 is 0. The number of aryl methyl sites for hydroxylation is 1. The van der Waals surface area contributed by atoms with Crippen molar-refractivity contribution < 1.29 is 37.2 Å².